The lowest BCUT2D eigenvalue weighted by atomic mass is 10.0. The third-order valence-electron chi connectivity index (χ3n) is 7.91. The van der Waals surface area contributed by atoms with Crippen molar-refractivity contribution < 1.29 is 14.3 Å². The molecule has 0 spiro atoms. The molecule has 192 valence electrons. The van der Waals surface area contributed by atoms with Crippen LogP contribution in [0.2, 0.25) is 0 Å². The Morgan fingerprint density at radius 2 is 1.47 bits per heavy atom. The number of likely N-dealkylation sites (tertiary alicyclic amines) is 1. The fourth-order valence-corrected chi connectivity index (χ4v) is 5.84. The van der Waals surface area contributed by atoms with Gasteiger partial charge in [-0.15, -0.1) is 0 Å². The van der Waals surface area contributed by atoms with E-state index in [2.05, 4.69) is 21.2 Å². The second-order valence-electron chi connectivity index (χ2n) is 10.2. The molecule has 0 bridgehead atoms. The fraction of sp³-hybridized carbons (Fsp3) is 0.517. The number of para-hydroxylation sites is 2. The number of carbonyl (C=O) groups is 2. The van der Waals surface area contributed by atoms with Crippen molar-refractivity contribution in [2.45, 2.75) is 44.9 Å². The van der Waals surface area contributed by atoms with E-state index < -0.39 is 0 Å². The molecular formula is C29H38N4O3. The highest BCUT2D eigenvalue weighted by Gasteiger charge is 2.28. The second-order valence-corrected chi connectivity index (χ2v) is 10.2. The Kier molecular flexibility index (Phi) is 7.63. The number of methoxy groups -OCH3 is 1. The van der Waals surface area contributed by atoms with Crippen LogP contribution in [0, 0.1) is 5.92 Å². The van der Waals surface area contributed by atoms with Gasteiger partial charge in [0.25, 0.3) is 5.91 Å². The molecule has 0 radical (unpaired) electrons. The Morgan fingerprint density at radius 3 is 2.17 bits per heavy atom. The number of nitrogens with one attached hydrogen (secondary N) is 1. The van der Waals surface area contributed by atoms with Crippen molar-refractivity contribution in [2.24, 2.45) is 5.92 Å². The molecule has 7 nitrogen and oxygen atoms in total. The highest BCUT2D eigenvalue weighted by Crippen LogP contribution is 2.32. The molecule has 0 unspecified atom stereocenters. The van der Waals surface area contributed by atoms with Crippen LogP contribution in [-0.2, 0) is 4.79 Å². The molecule has 1 saturated carbocycles. The Labute approximate surface area is 214 Å². The van der Waals surface area contributed by atoms with Gasteiger partial charge in [0.05, 0.1) is 18.4 Å². The van der Waals surface area contributed by atoms with Crippen LogP contribution in [0.25, 0.3) is 0 Å². The molecule has 3 fully saturated rings. The Morgan fingerprint density at radius 1 is 0.806 bits per heavy atom. The maximum absolute atomic E-state index is 13.7. The molecule has 3 aliphatic rings. The normalized spacial score (nSPS) is 18.9. The zero-order chi connectivity index (χ0) is 24.9. The maximum Gasteiger partial charge on any atom is 0.256 e. The number of hydrogen-bond donors (Lipinski definition) is 1. The van der Waals surface area contributed by atoms with Crippen molar-refractivity contribution in [1.29, 1.82) is 0 Å². The summed E-state index contributed by atoms with van der Waals surface area (Å²) in [5.74, 6) is 1.14. The van der Waals surface area contributed by atoms with Gasteiger partial charge in [-0.1, -0.05) is 25.0 Å². The van der Waals surface area contributed by atoms with E-state index in [1.807, 2.05) is 41.3 Å². The molecule has 2 saturated heterocycles. The first-order valence-electron chi connectivity index (χ1n) is 13.5. The van der Waals surface area contributed by atoms with E-state index in [-0.39, 0.29) is 17.7 Å². The van der Waals surface area contributed by atoms with Crippen molar-refractivity contribution in [3.63, 3.8) is 0 Å². The first-order valence-corrected chi connectivity index (χ1v) is 13.5. The Balaban J connectivity index is 1.36. The highest BCUT2D eigenvalue weighted by atomic mass is 16.5. The summed E-state index contributed by atoms with van der Waals surface area (Å²) >= 11 is 0. The van der Waals surface area contributed by atoms with Gasteiger partial charge < -0.3 is 24.8 Å². The van der Waals surface area contributed by atoms with E-state index in [1.54, 1.807) is 7.11 Å². The smallest absolute Gasteiger partial charge is 0.256 e. The monoisotopic (exact) mass is 490 g/mol. The topological polar surface area (TPSA) is 65.1 Å². The molecule has 1 N–H and O–H groups in total. The van der Waals surface area contributed by atoms with Crippen LogP contribution < -0.4 is 19.9 Å². The molecule has 36 heavy (non-hydrogen) atoms. The predicted octanol–water partition coefficient (Wildman–Crippen LogP) is 4.78. The Hall–Kier alpha value is -3.22. The molecule has 1 aliphatic carbocycles. The molecule has 0 aromatic heterocycles. The summed E-state index contributed by atoms with van der Waals surface area (Å²) in [5.41, 5.74) is 3.49. The number of ether oxygens (including phenoxy) is 1. The van der Waals surface area contributed by atoms with Gasteiger partial charge in [-0.05, 0) is 62.4 Å². The number of piperazine rings is 1. The quantitative estimate of drug-likeness (QED) is 0.632. The summed E-state index contributed by atoms with van der Waals surface area (Å²) in [6, 6.07) is 14.0. The largest absolute Gasteiger partial charge is 0.495 e. The number of rotatable bonds is 6. The van der Waals surface area contributed by atoms with Gasteiger partial charge in [-0.25, -0.2) is 0 Å². The number of piperidine rings is 1. The minimum atomic E-state index is 0.0776. The van der Waals surface area contributed by atoms with Crippen LogP contribution in [0.15, 0.2) is 42.5 Å². The highest BCUT2D eigenvalue weighted by molar-refractivity contribution is 6.02. The summed E-state index contributed by atoms with van der Waals surface area (Å²) in [6.07, 6.45) is 7.44. The number of benzene rings is 2. The van der Waals surface area contributed by atoms with E-state index in [9.17, 15) is 9.59 Å². The molecule has 2 amide bonds. The first kappa shape index (κ1) is 24.5. The average molecular weight is 491 g/mol. The number of nitrogens with zero attached hydrogens (tertiary/aromatic N) is 3. The molecule has 7 heteroatoms. The number of anilines is 3. The van der Waals surface area contributed by atoms with Crippen LogP contribution in [-0.4, -0.2) is 63.1 Å². The summed E-state index contributed by atoms with van der Waals surface area (Å²) in [6.45, 7) is 4.92. The predicted molar refractivity (Wildman–Crippen MR) is 144 cm³/mol. The standard InChI is InChI=1S/C29H38N4O3/c1-36-27-12-6-5-11-26(27)32-19-17-31(18-20-32)25-14-13-23(30-28(34)22-9-3-4-10-22)21-24(25)29(35)33-15-7-2-8-16-33/h5-6,11-14,21-22H,2-4,7-10,15-20H2,1H3,(H,30,34). The van der Waals surface area contributed by atoms with Gasteiger partial charge in [0.2, 0.25) is 5.91 Å². The molecular weight excluding hydrogens is 452 g/mol. The van der Waals surface area contributed by atoms with E-state index in [0.29, 0.717) is 5.56 Å². The lowest BCUT2D eigenvalue weighted by molar-refractivity contribution is -0.119. The second kappa shape index (κ2) is 11.2. The van der Waals surface area contributed by atoms with E-state index >= 15 is 0 Å². The molecule has 2 heterocycles. The maximum atomic E-state index is 13.7. The number of carbonyl (C=O) groups excluding carboxylic acids is 2. The lowest BCUT2D eigenvalue weighted by Gasteiger charge is -2.39. The number of hydrogen-bond acceptors (Lipinski definition) is 5. The third kappa shape index (κ3) is 5.30. The summed E-state index contributed by atoms with van der Waals surface area (Å²) in [4.78, 5) is 33.1. The summed E-state index contributed by atoms with van der Waals surface area (Å²) in [5, 5.41) is 3.10. The van der Waals surface area contributed by atoms with Crippen LogP contribution in [0.4, 0.5) is 17.1 Å². The minimum Gasteiger partial charge on any atom is -0.495 e. The fourth-order valence-electron chi connectivity index (χ4n) is 5.84. The van der Waals surface area contributed by atoms with Crippen molar-refractivity contribution in [3.8, 4) is 5.75 Å². The van der Waals surface area contributed by atoms with Crippen molar-refractivity contribution in [2.75, 3.05) is 61.5 Å². The van der Waals surface area contributed by atoms with Crippen molar-refractivity contribution >= 4 is 28.9 Å². The molecule has 2 aliphatic heterocycles. The lowest BCUT2D eigenvalue weighted by Crippen LogP contribution is -2.47. The van der Waals surface area contributed by atoms with Gasteiger partial charge >= 0.3 is 0 Å². The average Bonchev–Trinajstić information content (AvgIpc) is 3.49. The SMILES string of the molecule is COc1ccccc1N1CCN(c2ccc(NC(=O)C3CCCC3)cc2C(=O)N2CCCCC2)CC1. The van der Waals surface area contributed by atoms with Gasteiger partial charge in [0.15, 0.2) is 0 Å². The van der Waals surface area contributed by atoms with Crippen LogP contribution >= 0.6 is 0 Å². The van der Waals surface area contributed by atoms with Crippen LogP contribution in [0.1, 0.15) is 55.3 Å². The zero-order valence-electron chi connectivity index (χ0n) is 21.4. The molecule has 2 aromatic carbocycles. The molecule has 5 rings (SSSR count). The first-order chi connectivity index (χ1) is 17.6. The van der Waals surface area contributed by atoms with Crippen LogP contribution in [0.3, 0.4) is 0 Å². The zero-order valence-corrected chi connectivity index (χ0v) is 21.4. The molecule has 2 aromatic rings. The van der Waals surface area contributed by atoms with Crippen LogP contribution in [0.5, 0.6) is 5.75 Å². The van der Waals surface area contributed by atoms with E-state index in [1.165, 1.54) is 6.42 Å². The van der Waals surface area contributed by atoms with E-state index in [4.69, 9.17) is 4.74 Å². The van der Waals surface area contributed by atoms with Crippen molar-refractivity contribution in [1.82, 2.24) is 4.90 Å². The van der Waals surface area contributed by atoms with Gasteiger partial charge in [-0.3, -0.25) is 9.59 Å². The van der Waals surface area contributed by atoms with Crippen molar-refractivity contribution in [3.05, 3.63) is 48.0 Å². The van der Waals surface area contributed by atoms with E-state index in [0.717, 1.165) is 101 Å². The van der Waals surface area contributed by atoms with Gasteiger partial charge in [0, 0.05) is 56.6 Å². The minimum absolute atomic E-state index is 0.0776. The Bertz CT molecular complexity index is 1070. The summed E-state index contributed by atoms with van der Waals surface area (Å²) < 4.78 is 5.57. The van der Waals surface area contributed by atoms with Gasteiger partial charge in [0.1, 0.15) is 5.75 Å². The van der Waals surface area contributed by atoms with Gasteiger partial charge in [-0.2, -0.15) is 0 Å². The molecule has 0 atom stereocenters. The number of amides is 2. The summed E-state index contributed by atoms with van der Waals surface area (Å²) in [7, 11) is 1.71. The third-order valence-corrected chi connectivity index (χ3v) is 7.91.